The smallest absolute Gasteiger partial charge is 0.257 e. The minimum atomic E-state index is -0.364. The number of nitrogens with zero attached hydrogens (tertiary/aromatic N) is 2. The normalized spacial score (nSPS) is 11.2. The molecule has 0 aliphatic carbocycles. The lowest BCUT2D eigenvalue weighted by Gasteiger charge is -2.18. The monoisotopic (exact) mass is 408 g/mol. The number of carbonyl (C=O) groups excluding carboxylic acids is 1. The highest BCUT2D eigenvalue weighted by atomic mass is 35.5. The molecule has 138 valence electrons. The van der Waals surface area contributed by atoms with Gasteiger partial charge < -0.3 is 0 Å². The second kappa shape index (κ2) is 7.92. The Morgan fingerprint density at radius 2 is 1.71 bits per heavy atom. The number of anilines is 2. The summed E-state index contributed by atoms with van der Waals surface area (Å²) in [5.74, 6) is -0.641. The van der Waals surface area contributed by atoms with Gasteiger partial charge >= 0.3 is 0 Å². The quantitative estimate of drug-likeness (QED) is 0.363. The van der Waals surface area contributed by atoms with Gasteiger partial charge in [0.05, 0.1) is 15.9 Å². The lowest BCUT2D eigenvalue weighted by molar-refractivity contribution is -0.113. The highest BCUT2D eigenvalue weighted by molar-refractivity contribution is 7.22. The Hall–Kier alpha value is -3.02. The van der Waals surface area contributed by atoms with Crippen molar-refractivity contribution in [2.24, 2.45) is 0 Å². The summed E-state index contributed by atoms with van der Waals surface area (Å²) in [6, 6.07) is 20.6. The Bertz CT molecular complexity index is 1120. The summed E-state index contributed by atoms with van der Waals surface area (Å²) in [4.78, 5) is 19.1. The minimum absolute atomic E-state index is 0.277. The molecule has 3 aromatic carbocycles. The molecule has 1 amide bonds. The van der Waals surface area contributed by atoms with Gasteiger partial charge in [-0.15, -0.1) is 0 Å². The van der Waals surface area contributed by atoms with Crippen molar-refractivity contribution in [3.63, 3.8) is 0 Å². The molecule has 0 bridgehead atoms. The third-order valence-electron chi connectivity index (χ3n) is 4.07. The van der Waals surface area contributed by atoms with Crippen molar-refractivity contribution >= 4 is 56.0 Å². The van der Waals surface area contributed by atoms with Crippen molar-refractivity contribution in [2.45, 2.75) is 0 Å². The first-order chi connectivity index (χ1) is 13.6. The fraction of sp³-hybridized carbons (Fsp3) is 0. The zero-order valence-electron chi connectivity index (χ0n) is 14.5. The van der Waals surface area contributed by atoms with Gasteiger partial charge in [-0.2, -0.15) is 0 Å². The van der Waals surface area contributed by atoms with Gasteiger partial charge in [0, 0.05) is 11.1 Å². The van der Waals surface area contributed by atoms with Crippen LogP contribution in [0.2, 0.25) is 5.02 Å². The number of hydrogen-bond donors (Lipinski definition) is 0. The summed E-state index contributed by atoms with van der Waals surface area (Å²) in [6.07, 6.45) is 3.18. The van der Waals surface area contributed by atoms with Gasteiger partial charge in [0.15, 0.2) is 5.13 Å². The molecule has 4 aromatic rings. The second-order valence-corrected chi connectivity index (χ2v) is 7.44. The maximum absolute atomic E-state index is 13.4. The summed E-state index contributed by atoms with van der Waals surface area (Å²) < 4.78 is 14.4. The van der Waals surface area contributed by atoms with Gasteiger partial charge in [-0.05, 0) is 60.2 Å². The molecule has 1 heterocycles. The molecule has 0 spiro atoms. The van der Waals surface area contributed by atoms with Crippen LogP contribution in [0.3, 0.4) is 0 Å². The topological polar surface area (TPSA) is 33.2 Å². The summed E-state index contributed by atoms with van der Waals surface area (Å²) in [7, 11) is 0. The summed E-state index contributed by atoms with van der Waals surface area (Å²) in [6.45, 7) is 0. The SMILES string of the molecule is O=C(/C=C/c1ccc(Cl)cc1)N(c1ccc(F)cc1)c1nc2ccccc2s1. The fourth-order valence-electron chi connectivity index (χ4n) is 2.69. The molecule has 0 fully saturated rings. The van der Waals surface area contributed by atoms with Gasteiger partial charge in [0.2, 0.25) is 0 Å². The highest BCUT2D eigenvalue weighted by Gasteiger charge is 2.20. The number of carbonyl (C=O) groups is 1. The largest absolute Gasteiger partial charge is 0.269 e. The van der Waals surface area contributed by atoms with E-state index in [1.807, 2.05) is 36.4 Å². The number of aromatic nitrogens is 1. The lowest BCUT2D eigenvalue weighted by atomic mass is 10.2. The molecule has 28 heavy (non-hydrogen) atoms. The molecule has 4 rings (SSSR count). The zero-order chi connectivity index (χ0) is 19.5. The predicted octanol–water partition coefficient (Wildman–Crippen LogP) is 6.47. The van der Waals surface area contributed by atoms with E-state index in [2.05, 4.69) is 4.98 Å². The maximum Gasteiger partial charge on any atom is 0.257 e. The Morgan fingerprint density at radius 3 is 2.43 bits per heavy atom. The first-order valence-electron chi connectivity index (χ1n) is 8.49. The first-order valence-corrected chi connectivity index (χ1v) is 9.68. The van der Waals surface area contributed by atoms with E-state index in [1.54, 1.807) is 30.3 Å². The Labute approximate surface area is 170 Å². The van der Waals surface area contributed by atoms with E-state index >= 15 is 0 Å². The number of thiazole rings is 1. The Morgan fingerprint density at radius 1 is 1.00 bits per heavy atom. The number of fused-ring (bicyclic) bond motifs is 1. The van der Waals surface area contributed by atoms with Crippen LogP contribution in [-0.4, -0.2) is 10.9 Å². The number of rotatable bonds is 4. The molecule has 3 nitrogen and oxygen atoms in total. The van der Waals surface area contributed by atoms with E-state index in [0.29, 0.717) is 15.8 Å². The molecule has 0 unspecified atom stereocenters. The van der Waals surface area contributed by atoms with E-state index in [-0.39, 0.29) is 11.7 Å². The fourth-order valence-corrected chi connectivity index (χ4v) is 3.81. The van der Waals surface area contributed by atoms with Crippen LogP contribution in [0.25, 0.3) is 16.3 Å². The predicted molar refractivity (Wildman–Crippen MR) is 114 cm³/mol. The summed E-state index contributed by atoms with van der Waals surface area (Å²) >= 11 is 7.30. The molecule has 0 N–H and O–H groups in total. The van der Waals surface area contributed by atoms with E-state index in [1.165, 1.54) is 34.4 Å². The van der Waals surface area contributed by atoms with Gasteiger partial charge in [0.25, 0.3) is 5.91 Å². The summed E-state index contributed by atoms with van der Waals surface area (Å²) in [5.41, 5.74) is 2.21. The lowest BCUT2D eigenvalue weighted by Crippen LogP contribution is -2.23. The minimum Gasteiger partial charge on any atom is -0.269 e. The first kappa shape index (κ1) is 18.3. The van der Waals surface area contributed by atoms with Crippen molar-refractivity contribution in [2.75, 3.05) is 4.90 Å². The van der Waals surface area contributed by atoms with Gasteiger partial charge in [0.1, 0.15) is 5.82 Å². The molecule has 0 atom stereocenters. The standard InChI is InChI=1S/C22H14ClFN2OS/c23-16-8-5-15(6-9-16)7-14-21(27)26(18-12-10-17(24)11-13-18)22-25-19-3-1-2-4-20(19)28-22/h1-14H/b14-7+. The number of para-hydroxylation sites is 1. The van der Waals surface area contributed by atoms with E-state index in [4.69, 9.17) is 11.6 Å². The van der Waals surface area contributed by atoms with Crippen molar-refractivity contribution in [3.05, 3.63) is 95.3 Å². The third-order valence-corrected chi connectivity index (χ3v) is 5.34. The van der Waals surface area contributed by atoms with E-state index in [9.17, 15) is 9.18 Å². The summed E-state index contributed by atoms with van der Waals surface area (Å²) in [5, 5.41) is 1.16. The molecular formula is C22H14ClFN2OS. The van der Waals surface area contributed by atoms with Crippen LogP contribution in [0.1, 0.15) is 5.56 Å². The molecular weight excluding hydrogens is 395 g/mol. The Kier molecular flexibility index (Phi) is 5.19. The molecule has 0 aliphatic rings. The van der Waals surface area contributed by atoms with Crippen molar-refractivity contribution in [1.82, 2.24) is 4.98 Å². The molecule has 1 aromatic heterocycles. The van der Waals surface area contributed by atoms with Crippen LogP contribution in [-0.2, 0) is 4.79 Å². The maximum atomic E-state index is 13.4. The molecule has 0 aliphatic heterocycles. The van der Waals surface area contributed by atoms with Crippen LogP contribution in [0.5, 0.6) is 0 Å². The van der Waals surface area contributed by atoms with Crippen molar-refractivity contribution in [1.29, 1.82) is 0 Å². The molecule has 0 radical (unpaired) electrons. The van der Waals surface area contributed by atoms with Crippen molar-refractivity contribution in [3.8, 4) is 0 Å². The van der Waals surface area contributed by atoms with Crippen molar-refractivity contribution < 1.29 is 9.18 Å². The van der Waals surface area contributed by atoms with Crippen LogP contribution < -0.4 is 4.90 Å². The molecule has 0 saturated heterocycles. The molecule has 6 heteroatoms. The zero-order valence-corrected chi connectivity index (χ0v) is 16.1. The number of halogens is 2. The van der Waals surface area contributed by atoms with Gasteiger partial charge in [-0.3, -0.25) is 9.69 Å². The van der Waals surface area contributed by atoms with Crippen LogP contribution in [0.15, 0.2) is 78.9 Å². The van der Waals surface area contributed by atoms with E-state index in [0.717, 1.165) is 15.8 Å². The average Bonchev–Trinajstić information content (AvgIpc) is 3.13. The van der Waals surface area contributed by atoms with Crippen LogP contribution in [0, 0.1) is 5.82 Å². The second-order valence-electron chi connectivity index (χ2n) is 6.00. The van der Waals surface area contributed by atoms with E-state index < -0.39 is 0 Å². The van der Waals surface area contributed by atoms with Crippen LogP contribution >= 0.6 is 22.9 Å². The highest BCUT2D eigenvalue weighted by Crippen LogP contribution is 2.33. The van der Waals surface area contributed by atoms with Gasteiger partial charge in [-0.25, -0.2) is 9.37 Å². The number of hydrogen-bond acceptors (Lipinski definition) is 3. The average molecular weight is 409 g/mol. The number of benzene rings is 3. The third kappa shape index (κ3) is 3.96. The van der Waals surface area contributed by atoms with Gasteiger partial charge in [-0.1, -0.05) is 47.2 Å². The Balaban J connectivity index is 1.72. The van der Waals surface area contributed by atoms with Crippen LogP contribution in [0.4, 0.5) is 15.2 Å². The molecule has 0 saturated carbocycles. The number of amides is 1.